The predicted octanol–water partition coefficient (Wildman–Crippen LogP) is 3.34. The number of amides is 1. The van der Waals surface area contributed by atoms with Gasteiger partial charge in [0.05, 0.1) is 0 Å². The van der Waals surface area contributed by atoms with E-state index in [4.69, 9.17) is 11.6 Å². The Bertz CT molecular complexity index is 517. The van der Waals surface area contributed by atoms with Gasteiger partial charge in [0.2, 0.25) is 5.91 Å². The summed E-state index contributed by atoms with van der Waals surface area (Å²) >= 11 is 6.04. The van der Waals surface area contributed by atoms with Gasteiger partial charge in [0.25, 0.3) is 0 Å². The molecule has 1 aliphatic heterocycles. The van der Waals surface area contributed by atoms with Gasteiger partial charge in [0, 0.05) is 30.2 Å². The highest BCUT2D eigenvalue weighted by Gasteiger charge is 2.29. The van der Waals surface area contributed by atoms with Crippen LogP contribution in [0.5, 0.6) is 0 Å². The van der Waals surface area contributed by atoms with Gasteiger partial charge < -0.3 is 9.80 Å². The molecule has 1 saturated heterocycles. The minimum atomic E-state index is -0.00303. The Balaban J connectivity index is 2.15. The third-order valence-corrected chi connectivity index (χ3v) is 4.56. The average molecular weight is 307 g/mol. The molecular formula is C17H23ClN2O. The Kier molecular flexibility index (Phi) is 5.43. The van der Waals surface area contributed by atoms with Crippen LogP contribution in [0.15, 0.2) is 36.9 Å². The number of nitrogens with zero attached hydrogens (tertiary/aromatic N) is 2. The van der Waals surface area contributed by atoms with Gasteiger partial charge in [-0.3, -0.25) is 4.79 Å². The van der Waals surface area contributed by atoms with Crippen LogP contribution >= 0.6 is 11.6 Å². The third kappa shape index (κ3) is 4.08. The molecule has 0 aromatic heterocycles. The van der Waals surface area contributed by atoms with E-state index in [0.29, 0.717) is 17.6 Å². The number of carbonyl (C=O) groups is 1. The molecule has 1 aliphatic rings. The van der Waals surface area contributed by atoms with Crippen LogP contribution in [0.4, 0.5) is 0 Å². The number of benzene rings is 1. The highest BCUT2D eigenvalue weighted by molar-refractivity contribution is 6.30. The number of rotatable bonds is 4. The fourth-order valence-electron chi connectivity index (χ4n) is 2.88. The first-order valence-electron chi connectivity index (χ1n) is 7.39. The highest BCUT2D eigenvalue weighted by atomic mass is 35.5. The van der Waals surface area contributed by atoms with Gasteiger partial charge in [-0.1, -0.05) is 30.3 Å². The van der Waals surface area contributed by atoms with Crippen molar-refractivity contribution >= 4 is 17.5 Å². The number of hydrogen-bond acceptors (Lipinski definition) is 2. The Morgan fingerprint density at radius 1 is 1.57 bits per heavy atom. The second-order valence-electron chi connectivity index (χ2n) is 5.81. The lowest BCUT2D eigenvalue weighted by atomic mass is 9.96. The van der Waals surface area contributed by atoms with E-state index < -0.39 is 0 Å². The van der Waals surface area contributed by atoms with Crippen LogP contribution in [-0.4, -0.2) is 41.4 Å². The zero-order valence-electron chi connectivity index (χ0n) is 12.8. The quantitative estimate of drug-likeness (QED) is 0.797. The van der Waals surface area contributed by atoms with Crippen molar-refractivity contribution in [3.8, 4) is 0 Å². The van der Waals surface area contributed by atoms with Crippen molar-refractivity contribution in [2.24, 2.45) is 0 Å². The van der Waals surface area contributed by atoms with E-state index in [1.165, 1.54) is 6.08 Å². The number of carbonyl (C=O) groups excluding carboxylic acids is 1. The van der Waals surface area contributed by atoms with Crippen LogP contribution < -0.4 is 0 Å². The maximum absolute atomic E-state index is 12.3. The SMILES string of the molecule is C=CC(=O)N(Cc1cccc(Cl)c1)C1CCN(C)C(C)C1. The van der Waals surface area contributed by atoms with Gasteiger partial charge in [0.15, 0.2) is 0 Å². The third-order valence-electron chi connectivity index (χ3n) is 4.32. The molecule has 4 heteroatoms. The summed E-state index contributed by atoms with van der Waals surface area (Å²) in [5, 5.41) is 0.704. The van der Waals surface area contributed by atoms with Crippen LogP contribution in [0.3, 0.4) is 0 Å². The summed E-state index contributed by atoms with van der Waals surface area (Å²) in [6, 6.07) is 8.45. The molecule has 2 unspecified atom stereocenters. The molecule has 21 heavy (non-hydrogen) atoms. The van der Waals surface area contributed by atoms with Gasteiger partial charge in [0.1, 0.15) is 0 Å². The summed E-state index contributed by atoms with van der Waals surface area (Å²) in [7, 11) is 2.14. The van der Waals surface area contributed by atoms with Gasteiger partial charge in [-0.05, 0) is 50.6 Å². The average Bonchev–Trinajstić information content (AvgIpc) is 2.47. The molecule has 0 aliphatic carbocycles. The molecule has 0 saturated carbocycles. The van der Waals surface area contributed by atoms with E-state index >= 15 is 0 Å². The Labute approximate surface area is 132 Å². The van der Waals surface area contributed by atoms with Crippen molar-refractivity contribution in [2.45, 2.75) is 38.4 Å². The summed E-state index contributed by atoms with van der Waals surface area (Å²) in [5.74, 6) is -0.00303. The van der Waals surface area contributed by atoms with Crippen molar-refractivity contribution in [1.29, 1.82) is 0 Å². The van der Waals surface area contributed by atoms with Crippen molar-refractivity contribution in [3.63, 3.8) is 0 Å². The molecule has 0 bridgehead atoms. The fourth-order valence-corrected chi connectivity index (χ4v) is 3.10. The topological polar surface area (TPSA) is 23.6 Å². The molecule has 1 aromatic rings. The standard InChI is InChI=1S/C17H23ClN2O/c1-4-17(21)20(12-14-6-5-7-15(18)11-14)16-8-9-19(3)13(2)10-16/h4-7,11,13,16H,1,8-10,12H2,2-3H3. The van der Waals surface area contributed by atoms with Gasteiger partial charge in [-0.15, -0.1) is 0 Å². The summed E-state index contributed by atoms with van der Waals surface area (Å²) in [4.78, 5) is 16.5. The monoisotopic (exact) mass is 306 g/mol. The van der Waals surface area contributed by atoms with Crippen LogP contribution in [-0.2, 0) is 11.3 Å². The normalized spacial score (nSPS) is 22.8. The van der Waals surface area contributed by atoms with E-state index in [2.05, 4.69) is 25.5 Å². The number of likely N-dealkylation sites (tertiary alicyclic amines) is 1. The first-order chi connectivity index (χ1) is 10.0. The number of piperidine rings is 1. The predicted molar refractivity (Wildman–Crippen MR) is 87.3 cm³/mol. The minimum absolute atomic E-state index is 0.00303. The lowest BCUT2D eigenvalue weighted by molar-refractivity contribution is -0.130. The van der Waals surface area contributed by atoms with Crippen LogP contribution in [0, 0.1) is 0 Å². The molecule has 1 amide bonds. The Hall–Kier alpha value is -1.32. The van der Waals surface area contributed by atoms with Crippen molar-refractivity contribution in [3.05, 3.63) is 47.5 Å². The molecule has 2 rings (SSSR count). The molecule has 1 aromatic carbocycles. The second kappa shape index (κ2) is 7.10. The Morgan fingerprint density at radius 3 is 2.95 bits per heavy atom. The van der Waals surface area contributed by atoms with E-state index in [-0.39, 0.29) is 11.9 Å². The summed E-state index contributed by atoms with van der Waals surface area (Å²) in [5.41, 5.74) is 1.06. The largest absolute Gasteiger partial charge is 0.332 e. The van der Waals surface area contributed by atoms with Gasteiger partial charge in [-0.2, -0.15) is 0 Å². The molecule has 3 nitrogen and oxygen atoms in total. The maximum Gasteiger partial charge on any atom is 0.246 e. The van der Waals surface area contributed by atoms with Crippen molar-refractivity contribution in [1.82, 2.24) is 9.80 Å². The molecule has 0 spiro atoms. The highest BCUT2D eigenvalue weighted by Crippen LogP contribution is 2.23. The molecule has 1 fully saturated rings. The van der Waals surface area contributed by atoms with Crippen LogP contribution in [0.2, 0.25) is 5.02 Å². The molecule has 0 N–H and O–H groups in total. The minimum Gasteiger partial charge on any atom is -0.332 e. The second-order valence-corrected chi connectivity index (χ2v) is 6.24. The molecule has 114 valence electrons. The van der Waals surface area contributed by atoms with E-state index in [1.807, 2.05) is 29.2 Å². The smallest absolute Gasteiger partial charge is 0.246 e. The van der Waals surface area contributed by atoms with Crippen LogP contribution in [0.25, 0.3) is 0 Å². The van der Waals surface area contributed by atoms with Crippen LogP contribution in [0.1, 0.15) is 25.3 Å². The first-order valence-corrected chi connectivity index (χ1v) is 7.76. The zero-order chi connectivity index (χ0) is 15.4. The van der Waals surface area contributed by atoms with E-state index in [1.54, 1.807) is 0 Å². The molecule has 1 heterocycles. The lowest BCUT2D eigenvalue weighted by Gasteiger charge is -2.40. The molecular weight excluding hydrogens is 284 g/mol. The molecule has 0 radical (unpaired) electrons. The van der Waals surface area contributed by atoms with Crippen molar-refractivity contribution < 1.29 is 4.79 Å². The van der Waals surface area contributed by atoms with E-state index in [0.717, 1.165) is 24.9 Å². The summed E-state index contributed by atoms with van der Waals surface area (Å²) < 4.78 is 0. The van der Waals surface area contributed by atoms with E-state index in [9.17, 15) is 4.79 Å². The number of halogens is 1. The fraction of sp³-hybridized carbons (Fsp3) is 0.471. The Morgan fingerprint density at radius 2 is 2.33 bits per heavy atom. The lowest BCUT2D eigenvalue weighted by Crippen LogP contribution is -2.48. The number of hydrogen-bond donors (Lipinski definition) is 0. The van der Waals surface area contributed by atoms with Gasteiger partial charge in [-0.25, -0.2) is 0 Å². The zero-order valence-corrected chi connectivity index (χ0v) is 13.5. The molecule has 2 atom stereocenters. The first kappa shape index (κ1) is 16.1. The van der Waals surface area contributed by atoms with Crippen molar-refractivity contribution in [2.75, 3.05) is 13.6 Å². The maximum atomic E-state index is 12.3. The summed E-state index contributed by atoms with van der Waals surface area (Å²) in [6.45, 7) is 7.46. The van der Waals surface area contributed by atoms with Gasteiger partial charge >= 0.3 is 0 Å². The summed E-state index contributed by atoms with van der Waals surface area (Å²) in [6.07, 6.45) is 3.41.